The van der Waals surface area contributed by atoms with E-state index in [1.807, 2.05) is 6.92 Å². The molecule has 2 heterocycles. The van der Waals surface area contributed by atoms with Crippen LogP contribution in [0.15, 0.2) is 12.7 Å². The predicted molar refractivity (Wildman–Crippen MR) is 75.5 cm³/mol. The average molecular weight is 291 g/mol. The number of rotatable bonds is 7. The number of hydrogen-bond acceptors (Lipinski definition) is 8. The number of nitrogen functional groups attached to an aromatic ring is 1. The monoisotopic (exact) mass is 291 g/mol. The van der Waals surface area contributed by atoms with Crippen LogP contribution < -0.4 is 16.4 Å². The molecule has 2 aromatic heterocycles. The first kappa shape index (κ1) is 14.6. The Bertz CT molecular complexity index is 598. The molecule has 0 fully saturated rings. The molecular weight excluding hydrogens is 274 g/mol. The van der Waals surface area contributed by atoms with Gasteiger partial charge in [-0.25, -0.2) is 4.98 Å². The van der Waals surface area contributed by atoms with Crippen molar-refractivity contribution in [3.05, 3.63) is 12.7 Å². The van der Waals surface area contributed by atoms with Crippen LogP contribution in [0.3, 0.4) is 0 Å². The van der Waals surface area contributed by atoms with Gasteiger partial charge in [-0.2, -0.15) is 24.7 Å². The zero-order valence-corrected chi connectivity index (χ0v) is 11.7. The number of amides is 1. The van der Waals surface area contributed by atoms with E-state index in [2.05, 4.69) is 25.0 Å². The van der Waals surface area contributed by atoms with Crippen LogP contribution in [0.5, 0.6) is 0 Å². The Morgan fingerprint density at radius 1 is 1.38 bits per heavy atom. The fraction of sp³-hybridized carbons (Fsp3) is 0.455. The number of unbranched alkanes of at least 4 members (excludes halogenated alkanes) is 1. The van der Waals surface area contributed by atoms with Gasteiger partial charge in [0.1, 0.15) is 12.7 Å². The van der Waals surface area contributed by atoms with E-state index in [0.29, 0.717) is 12.5 Å². The van der Waals surface area contributed by atoms with E-state index in [1.165, 1.54) is 17.3 Å². The van der Waals surface area contributed by atoms with Gasteiger partial charge in [-0.15, -0.1) is 0 Å². The second-order valence-corrected chi connectivity index (χ2v) is 4.38. The first-order valence-electron chi connectivity index (χ1n) is 6.50. The summed E-state index contributed by atoms with van der Waals surface area (Å²) >= 11 is 0. The average Bonchev–Trinajstić information content (AvgIpc) is 2.96. The Morgan fingerprint density at radius 2 is 2.19 bits per heavy atom. The minimum atomic E-state index is -0.465. The molecule has 4 N–H and O–H groups in total. The fourth-order valence-corrected chi connectivity index (χ4v) is 1.71. The normalized spacial score (nSPS) is 10.5. The quantitative estimate of drug-likeness (QED) is 0.670. The van der Waals surface area contributed by atoms with Gasteiger partial charge in [0.25, 0.3) is 5.95 Å². The molecule has 10 heteroatoms. The molecule has 0 saturated carbocycles. The third kappa shape index (κ3) is 3.84. The van der Waals surface area contributed by atoms with Gasteiger partial charge in [-0.05, 0) is 6.42 Å². The highest BCUT2D eigenvalue weighted by Crippen LogP contribution is 2.12. The van der Waals surface area contributed by atoms with Crippen LogP contribution in [0.1, 0.15) is 19.8 Å². The maximum absolute atomic E-state index is 11.2. The van der Waals surface area contributed by atoms with Gasteiger partial charge in [-0.1, -0.05) is 13.3 Å². The summed E-state index contributed by atoms with van der Waals surface area (Å²) in [6.07, 6.45) is 4.64. The summed E-state index contributed by atoms with van der Waals surface area (Å²) < 4.78 is 1.36. The van der Waals surface area contributed by atoms with E-state index < -0.39 is 5.91 Å². The van der Waals surface area contributed by atoms with Crippen LogP contribution in [-0.2, 0) is 4.79 Å². The molecule has 1 amide bonds. The Hall–Kier alpha value is -2.78. The van der Waals surface area contributed by atoms with Crippen LogP contribution in [-0.4, -0.2) is 48.7 Å². The lowest BCUT2D eigenvalue weighted by atomic mass is 10.3. The van der Waals surface area contributed by atoms with Crippen LogP contribution >= 0.6 is 0 Å². The molecule has 21 heavy (non-hydrogen) atoms. The number of anilines is 2. The Labute approximate surface area is 121 Å². The van der Waals surface area contributed by atoms with Crippen molar-refractivity contribution in [1.29, 1.82) is 0 Å². The van der Waals surface area contributed by atoms with Crippen LogP contribution in [0, 0.1) is 0 Å². The molecule has 0 bridgehead atoms. The van der Waals surface area contributed by atoms with Crippen molar-refractivity contribution in [1.82, 2.24) is 29.7 Å². The lowest BCUT2D eigenvalue weighted by molar-refractivity contribution is -0.116. The van der Waals surface area contributed by atoms with Gasteiger partial charge < -0.3 is 16.4 Å². The van der Waals surface area contributed by atoms with Gasteiger partial charge >= 0.3 is 0 Å². The number of nitrogens with two attached hydrogens (primary N) is 2. The lowest BCUT2D eigenvalue weighted by Gasteiger charge is -2.21. The first-order valence-corrected chi connectivity index (χ1v) is 6.50. The summed E-state index contributed by atoms with van der Waals surface area (Å²) in [5.74, 6) is 0.102. The van der Waals surface area contributed by atoms with Crippen molar-refractivity contribution in [3.63, 3.8) is 0 Å². The summed E-state index contributed by atoms with van der Waals surface area (Å²) in [7, 11) is 0. The van der Waals surface area contributed by atoms with E-state index >= 15 is 0 Å². The number of hydrogen-bond donors (Lipinski definition) is 2. The second-order valence-electron chi connectivity index (χ2n) is 4.38. The van der Waals surface area contributed by atoms with Crippen molar-refractivity contribution in [3.8, 4) is 5.95 Å². The standard InChI is InChI=1S/C11H17N9O/c1-2-3-4-19(5-8(12)21)10-16-9(13)17-11(18-10)20-7-14-6-15-20/h6-7H,2-5H2,1H3,(H2,12,21)(H2,13,16,17,18). The van der Waals surface area contributed by atoms with Gasteiger partial charge in [0.15, 0.2) is 0 Å². The highest BCUT2D eigenvalue weighted by atomic mass is 16.1. The molecule has 0 aliphatic carbocycles. The summed E-state index contributed by atoms with van der Waals surface area (Å²) in [4.78, 5) is 29.0. The van der Waals surface area contributed by atoms with Crippen molar-refractivity contribution in [2.75, 3.05) is 23.7 Å². The van der Waals surface area contributed by atoms with Crippen molar-refractivity contribution in [2.45, 2.75) is 19.8 Å². The molecule has 2 aromatic rings. The van der Waals surface area contributed by atoms with E-state index in [-0.39, 0.29) is 18.4 Å². The van der Waals surface area contributed by atoms with Crippen LogP contribution in [0.2, 0.25) is 0 Å². The zero-order valence-electron chi connectivity index (χ0n) is 11.7. The summed E-state index contributed by atoms with van der Waals surface area (Å²) in [5, 5.41) is 3.94. The highest BCUT2D eigenvalue weighted by molar-refractivity contribution is 5.78. The van der Waals surface area contributed by atoms with Gasteiger partial charge in [0.05, 0.1) is 6.54 Å². The van der Waals surface area contributed by atoms with Crippen LogP contribution in [0.25, 0.3) is 5.95 Å². The molecule has 0 spiro atoms. The van der Waals surface area contributed by atoms with E-state index in [0.717, 1.165) is 12.8 Å². The molecule has 0 aliphatic heterocycles. The molecule has 2 rings (SSSR count). The topological polar surface area (TPSA) is 142 Å². The molecule has 0 atom stereocenters. The summed E-state index contributed by atoms with van der Waals surface area (Å²) in [6.45, 7) is 2.66. The molecule has 0 aliphatic rings. The molecule has 10 nitrogen and oxygen atoms in total. The van der Waals surface area contributed by atoms with E-state index in [1.54, 1.807) is 4.90 Å². The SMILES string of the molecule is CCCCN(CC(N)=O)c1nc(N)nc(-n2cncn2)n1. The second kappa shape index (κ2) is 6.59. The van der Waals surface area contributed by atoms with E-state index in [9.17, 15) is 4.79 Å². The summed E-state index contributed by atoms with van der Waals surface area (Å²) in [6, 6.07) is 0. The molecule has 0 unspecified atom stereocenters. The maximum atomic E-state index is 11.2. The lowest BCUT2D eigenvalue weighted by Crippen LogP contribution is -2.36. The minimum Gasteiger partial charge on any atom is -0.368 e. The molecule has 0 aromatic carbocycles. The predicted octanol–water partition coefficient (Wildman–Crippen LogP) is -0.874. The Kier molecular flexibility index (Phi) is 4.59. The zero-order chi connectivity index (χ0) is 15.2. The maximum Gasteiger partial charge on any atom is 0.258 e. The largest absolute Gasteiger partial charge is 0.368 e. The van der Waals surface area contributed by atoms with Gasteiger partial charge in [0.2, 0.25) is 17.8 Å². The minimum absolute atomic E-state index is 0.0141. The molecule has 0 radical (unpaired) electrons. The Morgan fingerprint density at radius 3 is 2.81 bits per heavy atom. The van der Waals surface area contributed by atoms with Gasteiger partial charge in [0, 0.05) is 6.54 Å². The first-order chi connectivity index (χ1) is 10.1. The number of aromatic nitrogens is 6. The summed E-state index contributed by atoms with van der Waals surface area (Å²) in [5.41, 5.74) is 11.0. The number of nitrogens with zero attached hydrogens (tertiary/aromatic N) is 7. The fourth-order valence-electron chi connectivity index (χ4n) is 1.71. The highest BCUT2D eigenvalue weighted by Gasteiger charge is 2.15. The third-order valence-corrected chi connectivity index (χ3v) is 2.66. The number of carbonyl (C=O) groups is 1. The third-order valence-electron chi connectivity index (χ3n) is 2.66. The van der Waals surface area contributed by atoms with Crippen molar-refractivity contribution >= 4 is 17.8 Å². The van der Waals surface area contributed by atoms with Crippen molar-refractivity contribution in [2.24, 2.45) is 5.73 Å². The molecule has 112 valence electrons. The smallest absolute Gasteiger partial charge is 0.258 e. The van der Waals surface area contributed by atoms with E-state index in [4.69, 9.17) is 11.5 Å². The number of carbonyl (C=O) groups excluding carboxylic acids is 1. The van der Waals surface area contributed by atoms with Crippen molar-refractivity contribution < 1.29 is 4.79 Å². The number of primary amides is 1. The molecular formula is C11H17N9O. The van der Waals surface area contributed by atoms with Gasteiger partial charge in [-0.3, -0.25) is 4.79 Å². The Balaban J connectivity index is 2.33. The molecule has 0 saturated heterocycles. The van der Waals surface area contributed by atoms with Crippen LogP contribution in [0.4, 0.5) is 11.9 Å².